The van der Waals surface area contributed by atoms with Crippen molar-refractivity contribution in [2.75, 3.05) is 11.5 Å². The molecule has 0 amide bonds. The summed E-state index contributed by atoms with van der Waals surface area (Å²) in [4.78, 5) is 11.7. The molecule has 0 aliphatic carbocycles. The number of hydrogen-bond acceptors (Lipinski definition) is 4. The van der Waals surface area contributed by atoms with Crippen LogP contribution in [0.3, 0.4) is 0 Å². The van der Waals surface area contributed by atoms with Crippen molar-refractivity contribution in [3.63, 3.8) is 0 Å². The fourth-order valence-corrected chi connectivity index (χ4v) is 4.30. The summed E-state index contributed by atoms with van der Waals surface area (Å²) in [6.45, 7) is 0.106. The molecule has 0 spiro atoms. The molecule has 0 N–H and O–H groups in total. The third-order valence-corrected chi connectivity index (χ3v) is 5.74. The normalized spacial score (nSPS) is 20.8. The summed E-state index contributed by atoms with van der Waals surface area (Å²) in [5.41, 5.74) is 0.742. The van der Waals surface area contributed by atoms with E-state index < -0.39 is 15.8 Å². The van der Waals surface area contributed by atoms with Crippen molar-refractivity contribution < 1.29 is 17.9 Å². The molecule has 110 valence electrons. The molecule has 0 radical (unpaired) electrons. The van der Waals surface area contributed by atoms with Crippen molar-refractivity contribution >= 4 is 39.0 Å². The van der Waals surface area contributed by atoms with Crippen molar-refractivity contribution in [1.82, 2.24) is 0 Å². The van der Waals surface area contributed by atoms with Gasteiger partial charge < -0.3 is 4.74 Å². The zero-order chi connectivity index (χ0) is 14.8. The molecule has 1 fully saturated rings. The van der Waals surface area contributed by atoms with Crippen LogP contribution >= 0.6 is 23.2 Å². The average Bonchev–Trinajstić information content (AvgIpc) is 2.70. The van der Waals surface area contributed by atoms with Crippen molar-refractivity contribution in [3.05, 3.63) is 33.8 Å². The predicted octanol–water partition coefficient (Wildman–Crippen LogP) is 2.86. The van der Waals surface area contributed by atoms with E-state index in [1.165, 1.54) is 0 Å². The van der Waals surface area contributed by atoms with E-state index >= 15 is 0 Å². The van der Waals surface area contributed by atoms with Crippen molar-refractivity contribution in [3.8, 4) is 0 Å². The molecule has 0 bridgehead atoms. The molecule has 7 heteroatoms. The van der Waals surface area contributed by atoms with Gasteiger partial charge in [-0.15, -0.1) is 0 Å². The summed E-state index contributed by atoms with van der Waals surface area (Å²) in [5, 5.41) is 0.847. The molecular formula is C13H14Cl2O4S. The van der Waals surface area contributed by atoms with Crippen LogP contribution < -0.4 is 0 Å². The van der Waals surface area contributed by atoms with Crippen molar-refractivity contribution in [2.45, 2.75) is 19.4 Å². The van der Waals surface area contributed by atoms with Gasteiger partial charge in [0.1, 0.15) is 6.61 Å². The Hall–Kier alpha value is -0.780. The third kappa shape index (κ3) is 4.36. The van der Waals surface area contributed by atoms with Gasteiger partial charge in [-0.05, 0) is 30.0 Å². The van der Waals surface area contributed by atoms with Crippen molar-refractivity contribution in [1.29, 1.82) is 0 Å². The fraction of sp³-hybridized carbons (Fsp3) is 0.462. The molecule has 2 rings (SSSR count). The summed E-state index contributed by atoms with van der Waals surface area (Å²) in [7, 11) is -2.96. The van der Waals surface area contributed by atoms with E-state index in [0.717, 1.165) is 5.56 Å². The Kier molecular flexibility index (Phi) is 4.94. The molecule has 0 saturated carbocycles. The van der Waals surface area contributed by atoms with E-state index in [9.17, 15) is 13.2 Å². The van der Waals surface area contributed by atoms with Gasteiger partial charge in [0.05, 0.1) is 21.6 Å². The maximum absolute atomic E-state index is 11.7. The van der Waals surface area contributed by atoms with E-state index in [1.54, 1.807) is 18.2 Å². The molecule has 20 heavy (non-hydrogen) atoms. The highest BCUT2D eigenvalue weighted by molar-refractivity contribution is 7.91. The molecule has 1 saturated heterocycles. The first-order chi connectivity index (χ1) is 9.35. The molecule has 1 unspecified atom stereocenters. The summed E-state index contributed by atoms with van der Waals surface area (Å²) in [6.07, 6.45) is 0.671. The molecule has 1 aliphatic heterocycles. The number of rotatable bonds is 4. The molecule has 0 aromatic heterocycles. The monoisotopic (exact) mass is 336 g/mol. The highest BCUT2D eigenvalue weighted by Crippen LogP contribution is 2.24. The number of hydrogen-bond donors (Lipinski definition) is 0. The van der Waals surface area contributed by atoms with E-state index in [0.29, 0.717) is 16.5 Å². The second-order valence-corrected chi connectivity index (χ2v) is 7.93. The second kappa shape index (κ2) is 6.33. The second-order valence-electron chi connectivity index (χ2n) is 4.88. The minimum Gasteiger partial charge on any atom is -0.461 e. The summed E-state index contributed by atoms with van der Waals surface area (Å²) in [6, 6.07) is 5.00. The van der Waals surface area contributed by atoms with Gasteiger partial charge in [-0.25, -0.2) is 8.42 Å². The van der Waals surface area contributed by atoms with Crippen LogP contribution in [0.4, 0.5) is 0 Å². The number of sulfone groups is 1. The third-order valence-electron chi connectivity index (χ3n) is 3.17. The smallest absolute Gasteiger partial charge is 0.306 e. The minimum atomic E-state index is -2.96. The Morgan fingerprint density at radius 1 is 1.30 bits per heavy atom. The van der Waals surface area contributed by atoms with Crippen LogP contribution in [0.15, 0.2) is 18.2 Å². The van der Waals surface area contributed by atoms with E-state index in [4.69, 9.17) is 27.9 Å². The lowest BCUT2D eigenvalue weighted by molar-refractivity contribution is -0.145. The molecule has 1 aliphatic rings. The van der Waals surface area contributed by atoms with Gasteiger partial charge in [0, 0.05) is 6.42 Å². The van der Waals surface area contributed by atoms with Crippen molar-refractivity contribution in [2.24, 2.45) is 5.92 Å². The van der Waals surface area contributed by atoms with Crippen LogP contribution in [0.2, 0.25) is 10.0 Å². The highest BCUT2D eigenvalue weighted by atomic mass is 35.5. The number of halogens is 2. The van der Waals surface area contributed by atoms with Gasteiger partial charge in [-0.1, -0.05) is 29.3 Å². The minimum absolute atomic E-state index is 0.0782. The van der Waals surface area contributed by atoms with Crippen LogP contribution in [-0.4, -0.2) is 25.9 Å². The Balaban J connectivity index is 1.82. The predicted molar refractivity (Wildman–Crippen MR) is 77.6 cm³/mol. The van der Waals surface area contributed by atoms with Crippen LogP contribution in [0, 0.1) is 5.92 Å². The molecule has 4 nitrogen and oxygen atoms in total. The first-order valence-electron chi connectivity index (χ1n) is 6.16. The topological polar surface area (TPSA) is 60.4 Å². The highest BCUT2D eigenvalue weighted by Gasteiger charge is 2.29. The Morgan fingerprint density at radius 3 is 2.65 bits per heavy atom. The van der Waals surface area contributed by atoms with Crippen LogP contribution in [0.5, 0.6) is 0 Å². The van der Waals surface area contributed by atoms with Gasteiger partial charge in [0.2, 0.25) is 0 Å². The maximum atomic E-state index is 11.7. The number of carbonyl (C=O) groups is 1. The summed E-state index contributed by atoms with van der Waals surface area (Å²) >= 11 is 11.6. The van der Waals surface area contributed by atoms with Crippen LogP contribution in [0.25, 0.3) is 0 Å². The Morgan fingerprint density at radius 2 is 2.05 bits per heavy atom. The van der Waals surface area contributed by atoms with Crippen LogP contribution in [-0.2, 0) is 26.0 Å². The largest absolute Gasteiger partial charge is 0.461 e. The Bertz CT molecular complexity index is 613. The fourth-order valence-electron chi connectivity index (χ4n) is 2.12. The lowest BCUT2D eigenvalue weighted by Gasteiger charge is -2.08. The first-order valence-corrected chi connectivity index (χ1v) is 8.73. The van der Waals surface area contributed by atoms with Gasteiger partial charge in [0.15, 0.2) is 9.84 Å². The summed E-state index contributed by atoms with van der Waals surface area (Å²) in [5.74, 6) is -0.272. The molecule has 1 aromatic carbocycles. The number of carbonyl (C=O) groups excluding carboxylic acids is 1. The maximum Gasteiger partial charge on any atom is 0.306 e. The van der Waals surface area contributed by atoms with Gasteiger partial charge in [-0.2, -0.15) is 0 Å². The standard InChI is InChI=1S/C13H14Cl2O4S/c14-11-2-1-9(5-12(11)15)7-19-13(16)6-10-3-4-20(17,18)8-10/h1-2,5,10H,3-4,6-8H2. The first kappa shape index (κ1) is 15.6. The lowest BCUT2D eigenvalue weighted by Crippen LogP contribution is -2.13. The quantitative estimate of drug-likeness (QED) is 0.793. The SMILES string of the molecule is O=C(CC1CCS(=O)(=O)C1)OCc1ccc(Cl)c(Cl)c1. The average molecular weight is 337 g/mol. The van der Waals surface area contributed by atoms with Gasteiger partial charge in [-0.3, -0.25) is 4.79 Å². The molecule has 1 atom stereocenters. The number of ether oxygens (including phenoxy) is 1. The Labute approximate surface area is 127 Å². The number of esters is 1. The molecule has 1 aromatic rings. The zero-order valence-electron chi connectivity index (χ0n) is 10.6. The zero-order valence-corrected chi connectivity index (χ0v) is 13.0. The molecular weight excluding hydrogens is 323 g/mol. The molecule has 1 heterocycles. The van der Waals surface area contributed by atoms with Crippen LogP contribution in [0.1, 0.15) is 18.4 Å². The lowest BCUT2D eigenvalue weighted by atomic mass is 10.1. The van der Waals surface area contributed by atoms with Gasteiger partial charge >= 0.3 is 5.97 Å². The van der Waals surface area contributed by atoms with Gasteiger partial charge in [0.25, 0.3) is 0 Å². The van der Waals surface area contributed by atoms with E-state index in [1.807, 2.05) is 0 Å². The van der Waals surface area contributed by atoms with E-state index in [2.05, 4.69) is 0 Å². The summed E-state index contributed by atoms with van der Waals surface area (Å²) < 4.78 is 27.7. The van der Waals surface area contributed by atoms with E-state index in [-0.39, 0.29) is 30.5 Å². The number of benzene rings is 1.